The van der Waals surface area contributed by atoms with E-state index in [2.05, 4.69) is 15.3 Å². The summed E-state index contributed by atoms with van der Waals surface area (Å²) in [6.07, 6.45) is 8.19. The molecule has 2 aromatic rings. The predicted octanol–water partition coefficient (Wildman–Crippen LogP) is 2.19. The Labute approximate surface area is 146 Å². The fourth-order valence-electron chi connectivity index (χ4n) is 2.84. The van der Waals surface area contributed by atoms with E-state index in [9.17, 15) is 9.59 Å². The van der Waals surface area contributed by atoms with Crippen LogP contribution in [0.3, 0.4) is 0 Å². The average molecular weight is 342 g/mol. The molecule has 0 atom stereocenters. The van der Waals surface area contributed by atoms with Gasteiger partial charge in [-0.1, -0.05) is 0 Å². The third kappa shape index (κ3) is 4.82. The molecule has 1 fully saturated rings. The molecular weight excluding hydrogens is 320 g/mol. The zero-order valence-corrected chi connectivity index (χ0v) is 14.0. The van der Waals surface area contributed by atoms with Crippen molar-refractivity contribution in [2.45, 2.75) is 19.4 Å². The van der Waals surface area contributed by atoms with Crippen molar-refractivity contribution in [2.24, 2.45) is 5.92 Å². The Morgan fingerprint density at radius 2 is 2.00 bits per heavy atom. The summed E-state index contributed by atoms with van der Waals surface area (Å²) in [6, 6.07) is 5.40. The van der Waals surface area contributed by atoms with Gasteiger partial charge < -0.3 is 19.9 Å². The first kappa shape index (κ1) is 17.0. The van der Waals surface area contributed by atoms with Gasteiger partial charge in [0.1, 0.15) is 6.61 Å². The smallest absolute Gasteiger partial charge is 0.410 e. The molecule has 132 valence electrons. The van der Waals surface area contributed by atoms with Crippen LogP contribution in [0.4, 0.5) is 4.79 Å². The molecule has 25 heavy (non-hydrogen) atoms. The number of carbonyl (C=O) groups is 2. The Hall–Kier alpha value is -2.83. The van der Waals surface area contributed by atoms with E-state index in [0.717, 1.165) is 18.4 Å². The molecule has 0 aromatic carbocycles. The standard InChI is InChI=1S/C18H22N4O3/c23-17(16-3-8-20-12-16)21-11-14-4-9-22(10-5-14)18(24)25-13-15-1-6-19-7-2-15/h1-3,6-8,12,14,20H,4-5,9-11,13H2,(H,21,23). The minimum Gasteiger partial charge on any atom is -0.445 e. The number of pyridine rings is 1. The number of aromatic amines is 1. The van der Waals surface area contributed by atoms with E-state index < -0.39 is 0 Å². The van der Waals surface area contributed by atoms with Crippen molar-refractivity contribution >= 4 is 12.0 Å². The number of nitrogens with zero attached hydrogens (tertiary/aromatic N) is 2. The van der Waals surface area contributed by atoms with Gasteiger partial charge in [0.2, 0.25) is 0 Å². The lowest BCUT2D eigenvalue weighted by Gasteiger charge is -2.31. The van der Waals surface area contributed by atoms with Gasteiger partial charge in [-0.3, -0.25) is 9.78 Å². The second-order valence-corrected chi connectivity index (χ2v) is 6.15. The summed E-state index contributed by atoms with van der Waals surface area (Å²) in [7, 11) is 0. The van der Waals surface area contributed by atoms with Gasteiger partial charge in [0.05, 0.1) is 5.56 Å². The highest BCUT2D eigenvalue weighted by Gasteiger charge is 2.24. The molecule has 2 N–H and O–H groups in total. The summed E-state index contributed by atoms with van der Waals surface area (Å²) >= 11 is 0. The third-order valence-electron chi connectivity index (χ3n) is 4.40. The minimum atomic E-state index is -0.286. The number of amides is 2. The van der Waals surface area contributed by atoms with Gasteiger partial charge in [-0.15, -0.1) is 0 Å². The van der Waals surface area contributed by atoms with Crippen molar-refractivity contribution in [3.8, 4) is 0 Å². The van der Waals surface area contributed by atoms with Gasteiger partial charge in [-0.25, -0.2) is 4.79 Å². The van der Waals surface area contributed by atoms with E-state index in [1.54, 1.807) is 35.8 Å². The van der Waals surface area contributed by atoms with E-state index in [4.69, 9.17) is 4.74 Å². The zero-order chi connectivity index (χ0) is 17.5. The van der Waals surface area contributed by atoms with Crippen LogP contribution in [-0.4, -0.2) is 46.5 Å². The van der Waals surface area contributed by atoms with E-state index in [1.807, 2.05) is 12.1 Å². The number of aromatic nitrogens is 2. The average Bonchev–Trinajstić information content (AvgIpc) is 3.20. The molecule has 3 rings (SSSR count). The summed E-state index contributed by atoms with van der Waals surface area (Å²) in [5, 5.41) is 2.95. The number of likely N-dealkylation sites (tertiary alicyclic amines) is 1. The van der Waals surface area contributed by atoms with Crippen LogP contribution in [-0.2, 0) is 11.3 Å². The largest absolute Gasteiger partial charge is 0.445 e. The summed E-state index contributed by atoms with van der Waals surface area (Å²) in [6.45, 7) is 2.19. The molecule has 0 bridgehead atoms. The fourth-order valence-corrected chi connectivity index (χ4v) is 2.84. The van der Waals surface area contributed by atoms with Crippen LogP contribution >= 0.6 is 0 Å². The quantitative estimate of drug-likeness (QED) is 0.872. The first-order valence-corrected chi connectivity index (χ1v) is 8.44. The topological polar surface area (TPSA) is 87.3 Å². The Bertz CT molecular complexity index is 680. The lowest BCUT2D eigenvalue weighted by Crippen LogP contribution is -2.41. The molecule has 0 saturated carbocycles. The molecule has 0 radical (unpaired) electrons. The molecule has 1 saturated heterocycles. The van der Waals surface area contributed by atoms with E-state index >= 15 is 0 Å². The highest BCUT2D eigenvalue weighted by molar-refractivity contribution is 5.93. The number of rotatable bonds is 5. The SMILES string of the molecule is O=C(NCC1CCN(C(=O)OCc2ccncc2)CC1)c1cc[nH]c1. The molecule has 7 heteroatoms. The van der Waals surface area contributed by atoms with Crippen molar-refractivity contribution in [2.75, 3.05) is 19.6 Å². The van der Waals surface area contributed by atoms with Crippen LogP contribution in [0, 0.1) is 5.92 Å². The highest BCUT2D eigenvalue weighted by Crippen LogP contribution is 2.17. The lowest BCUT2D eigenvalue weighted by molar-refractivity contribution is 0.0800. The summed E-state index contributed by atoms with van der Waals surface area (Å²) in [5.41, 5.74) is 1.56. The summed E-state index contributed by atoms with van der Waals surface area (Å²) < 4.78 is 5.34. The van der Waals surface area contributed by atoms with Gasteiger partial charge in [-0.2, -0.15) is 0 Å². The van der Waals surface area contributed by atoms with Gasteiger partial charge in [-0.05, 0) is 42.5 Å². The molecule has 0 aliphatic carbocycles. The number of carbonyl (C=O) groups excluding carboxylic acids is 2. The number of hydrogen-bond donors (Lipinski definition) is 2. The number of H-pyrrole nitrogens is 1. The van der Waals surface area contributed by atoms with Gasteiger partial charge in [0, 0.05) is 44.4 Å². The lowest BCUT2D eigenvalue weighted by atomic mass is 9.97. The van der Waals surface area contributed by atoms with E-state index in [1.165, 1.54) is 0 Å². The van der Waals surface area contributed by atoms with Crippen LogP contribution in [0.1, 0.15) is 28.8 Å². The van der Waals surface area contributed by atoms with Crippen LogP contribution in [0.25, 0.3) is 0 Å². The summed E-state index contributed by atoms with van der Waals surface area (Å²) in [5.74, 6) is 0.313. The van der Waals surface area contributed by atoms with Crippen molar-refractivity contribution in [1.29, 1.82) is 0 Å². The van der Waals surface area contributed by atoms with Crippen molar-refractivity contribution in [1.82, 2.24) is 20.2 Å². The molecule has 1 aliphatic rings. The Balaban J connectivity index is 1.36. The number of hydrogen-bond acceptors (Lipinski definition) is 4. The molecule has 7 nitrogen and oxygen atoms in total. The Morgan fingerprint density at radius 1 is 1.24 bits per heavy atom. The van der Waals surface area contributed by atoms with Gasteiger partial charge >= 0.3 is 6.09 Å². The highest BCUT2D eigenvalue weighted by atomic mass is 16.6. The molecule has 0 unspecified atom stereocenters. The monoisotopic (exact) mass is 342 g/mol. The van der Waals surface area contributed by atoms with E-state index in [0.29, 0.717) is 31.1 Å². The van der Waals surface area contributed by atoms with Crippen molar-refractivity contribution < 1.29 is 14.3 Å². The second-order valence-electron chi connectivity index (χ2n) is 6.15. The van der Waals surface area contributed by atoms with Crippen LogP contribution in [0.15, 0.2) is 43.0 Å². The maximum atomic E-state index is 12.1. The normalized spacial score (nSPS) is 15.0. The first-order valence-electron chi connectivity index (χ1n) is 8.44. The molecular formula is C18H22N4O3. The van der Waals surface area contributed by atoms with Crippen molar-refractivity contribution in [3.05, 3.63) is 54.1 Å². The molecule has 2 aromatic heterocycles. The number of piperidine rings is 1. The minimum absolute atomic E-state index is 0.0690. The van der Waals surface area contributed by atoms with Gasteiger partial charge in [0.25, 0.3) is 5.91 Å². The van der Waals surface area contributed by atoms with Crippen LogP contribution in [0.2, 0.25) is 0 Å². The maximum Gasteiger partial charge on any atom is 0.410 e. The molecule has 0 spiro atoms. The molecule has 1 aliphatic heterocycles. The maximum absolute atomic E-state index is 12.1. The number of nitrogens with one attached hydrogen (secondary N) is 2. The zero-order valence-electron chi connectivity index (χ0n) is 14.0. The summed E-state index contributed by atoms with van der Waals surface area (Å²) in [4.78, 5) is 32.6. The molecule has 3 heterocycles. The van der Waals surface area contributed by atoms with E-state index in [-0.39, 0.29) is 18.6 Å². The van der Waals surface area contributed by atoms with Crippen molar-refractivity contribution in [3.63, 3.8) is 0 Å². The Morgan fingerprint density at radius 3 is 2.68 bits per heavy atom. The second kappa shape index (κ2) is 8.32. The Kier molecular flexibility index (Phi) is 5.66. The first-order chi connectivity index (χ1) is 12.2. The van der Waals surface area contributed by atoms with Gasteiger partial charge in [0.15, 0.2) is 0 Å². The third-order valence-corrected chi connectivity index (χ3v) is 4.40. The predicted molar refractivity (Wildman–Crippen MR) is 91.8 cm³/mol. The number of ether oxygens (including phenoxy) is 1. The fraction of sp³-hybridized carbons (Fsp3) is 0.389. The van der Waals surface area contributed by atoms with Crippen LogP contribution in [0.5, 0.6) is 0 Å². The van der Waals surface area contributed by atoms with Crippen LogP contribution < -0.4 is 5.32 Å². The molecule has 2 amide bonds.